The van der Waals surface area contributed by atoms with Crippen LogP contribution in [0.5, 0.6) is 0 Å². The number of nitrogens with two attached hydrogens (primary N) is 1. The molecule has 2 rings (SSSR count). The third-order valence-electron chi connectivity index (χ3n) is 2.42. The number of carbonyl (C=O) groups excluding carboxylic acids is 1. The van der Waals surface area contributed by atoms with E-state index in [9.17, 15) is 9.18 Å². The Morgan fingerprint density at radius 2 is 2.28 bits per heavy atom. The molecule has 0 spiro atoms. The molecule has 18 heavy (non-hydrogen) atoms. The number of Topliss-reactive ketones (excluding diaryl/α,β-unsaturated/α-hetero) is 1. The highest BCUT2D eigenvalue weighted by Gasteiger charge is 2.07. The molecule has 0 saturated heterocycles. The lowest BCUT2D eigenvalue weighted by Crippen LogP contribution is -2.13. The standard InChI is InChI=1S/C12H13FN4O/c13-10-3-1-2-9(4-10)5-12(18)8-17-7-11(6-14)15-16-17/h1-4,7H,5-6,8,14H2. The minimum atomic E-state index is -0.341. The molecule has 2 aromatic rings. The molecule has 0 bridgehead atoms. The lowest BCUT2D eigenvalue weighted by atomic mass is 10.1. The number of aromatic nitrogens is 3. The van der Waals surface area contributed by atoms with Gasteiger partial charge in [0.15, 0.2) is 5.78 Å². The van der Waals surface area contributed by atoms with E-state index < -0.39 is 0 Å². The van der Waals surface area contributed by atoms with Crippen molar-refractivity contribution in [3.8, 4) is 0 Å². The second-order valence-electron chi connectivity index (χ2n) is 3.96. The van der Waals surface area contributed by atoms with Gasteiger partial charge in [0.1, 0.15) is 12.4 Å². The first-order chi connectivity index (χ1) is 8.67. The number of halogens is 1. The zero-order valence-corrected chi connectivity index (χ0v) is 9.71. The van der Waals surface area contributed by atoms with E-state index in [0.717, 1.165) is 0 Å². The van der Waals surface area contributed by atoms with Gasteiger partial charge in [-0.25, -0.2) is 9.07 Å². The van der Waals surface area contributed by atoms with Crippen LogP contribution in [0.25, 0.3) is 0 Å². The first-order valence-corrected chi connectivity index (χ1v) is 5.52. The van der Waals surface area contributed by atoms with Gasteiger partial charge in [0.25, 0.3) is 0 Å². The summed E-state index contributed by atoms with van der Waals surface area (Å²) in [5, 5.41) is 7.56. The molecular weight excluding hydrogens is 235 g/mol. The second kappa shape index (κ2) is 5.50. The summed E-state index contributed by atoms with van der Waals surface area (Å²) in [7, 11) is 0. The number of benzene rings is 1. The Balaban J connectivity index is 1.96. The SMILES string of the molecule is NCc1cn(CC(=O)Cc2cccc(F)c2)nn1. The Hall–Kier alpha value is -2.08. The molecular formula is C12H13FN4O. The highest BCUT2D eigenvalue weighted by atomic mass is 19.1. The second-order valence-corrected chi connectivity index (χ2v) is 3.96. The molecule has 1 heterocycles. The smallest absolute Gasteiger partial charge is 0.158 e. The van der Waals surface area contributed by atoms with Crippen molar-refractivity contribution in [1.29, 1.82) is 0 Å². The lowest BCUT2D eigenvalue weighted by Gasteiger charge is -2.01. The Bertz CT molecular complexity index is 553. The van der Waals surface area contributed by atoms with Gasteiger partial charge in [-0.1, -0.05) is 17.3 Å². The van der Waals surface area contributed by atoms with Gasteiger partial charge in [0.2, 0.25) is 0 Å². The van der Waals surface area contributed by atoms with Gasteiger partial charge in [-0.2, -0.15) is 0 Å². The van der Waals surface area contributed by atoms with Crippen molar-refractivity contribution in [2.45, 2.75) is 19.5 Å². The quantitative estimate of drug-likeness (QED) is 0.844. The van der Waals surface area contributed by atoms with Crippen LogP contribution in [0, 0.1) is 5.82 Å². The number of nitrogens with zero attached hydrogens (tertiary/aromatic N) is 3. The highest BCUT2D eigenvalue weighted by Crippen LogP contribution is 2.05. The molecule has 0 amide bonds. The van der Waals surface area contributed by atoms with Crippen LogP contribution >= 0.6 is 0 Å². The van der Waals surface area contributed by atoms with Crippen LogP contribution in [0.1, 0.15) is 11.3 Å². The fraction of sp³-hybridized carbons (Fsp3) is 0.250. The fourth-order valence-corrected chi connectivity index (χ4v) is 1.62. The van der Waals surface area contributed by atoms with E-state index in [2.05, 4.69) is 10.3 Å². The first kappa shape index (κ1) is 12.4. The van der Waals surface area contributed by atoms with E-state index in [1.165, 1.54) is 16.8 Å². The predicted octanol–water partition coefficient (Wildman–Crippen LogP) is 0.688. The topological polar surface area (TPSA) is 73.8 Å². The Morgan fingerprint density at radius 1 is 1.44 bits per heavy atom. The molecule has 1 aromatic carbocycles. The molecule has 1 aromatic heterocycles. The van der Waals surface area contributed by atoms with E-state index in [4.69, 9.17) is 5.73 Å². The maximum Gasteiger partial charge on any atom is 0.158 e. The normalized spacial score (nSPS) is 10.6. The third-order valence-corrected chi connectivity index (χ3v) is 2.42. The maximum absolute atomic E-state index is 12.9. The van der Waals surface area contributed by atoms with E-state index in [0.29, 0.717) is 11.3 Å². The van der Waals surface area contributed by atoms with Crippen molar-refractivity contribution in [3.63, 3.8) is 0 Å². The van der Waals surface area contributed by atoms with Crippen LogP contribution in [0.4, 0.5) is 4.39 Å². The number of hydrogen-bond acceptors (Lipinski definition) is 4. The fourth-order valence-electron chi connectivity index (χ4n) is 1.62. The average Bonchev–Trinajstić information content (AvgIpc) is 2.76. The van der Waals surface area contributed by atoms with Crippen molar-refractivity contribution in [2.75, 3.05) is 0 Å². The molecule has 2 N–H and O–H groups in total. The van der Waals surface area contributed by atoms with Crippen LogP contribution < -0.4 is 5.73 Å². The summed E-state index contributed by atoms with van der Waals surface area (Å²) in [6.45, 7) is 0.404. The van der Waals surface area contributed by atoms with Crippen LogP contribution in [-0.2, 0) is 24.3 Å². The number of hydrogen-bond donors (Lipinski definition) is 1. The van der Waals surface area contributed by atoms with Crippen molar-refractivity contribution in [1.82, 2.24) is 15.0 Å². The summed E-state index contributed by atoms with van der Waals surface area (Å²) in [5.41, 5.74) is 6.68. The largest absolute Gasteiger partial charge is 0.325 e. The maximum atomic E-state index is 12.9. The van der Waals surface area contributed by atoms with Crippen molar-refractivity contribution >= 4 is 5.78 Å². The molecule has 0 aliphatic heterocycles. The molecule has 94 valence electrons. The zero-order valence-electron chi connectivity index (χ0n) is 9.71. The Morgan fingerprint density at radius 3 is 2.94 bits per heavy atom. The number of ketones is 1. The molecule has 0 aliphatic rings. The van der Waals surface area contributed by atoms with E-state index in [-0.39, 0.29) is 31.1 Å². The third kappa shape index (κ3) is 3.21. The molecule has 0 aliphatic carbocycles. The van der Waals surface area contributed by atoms with Crippen LogP contribution in [0.15, 0.2) is 30.5 Å². The predicted molar refractivity (Wildman–Crippen MR) is 63.0 cm³/mol. The van der Waals surface area contributed by atoms with Crippen molar-refractivity contribution in [3.05, 3.63) is 47.5 Å². The first-order valence-electron chi connectivity index (χ1n) is 5.52. The molecule has 0 fully saturated rings. The van der Waals surface area contributed by atoms with E-state index >= 15 is 0 Å². The van der Waals surface area contributed by atoms with E-state index in [1.54, 1.807) is 18.3 Å². The molecule has 5 nitrogen and oxygen atoms in total. The highest BCUT2D eigenvalue weighted by molar-refractivity contribution is 5.80. The van der Waals surface area contributed by atoms with Crippen LogP contribution in [0.3, 0.4) is 0 Å². The van der Waals surface area contributed by atoms with Crippen LogP contribution in [-0.4, -0.2) is 20.8 Å². The van der Waals surface area contributed by atoms with Gasteiger partial charge in [0, 0.05) is 13.0 Å². The summed E-state index contributed by atoms with van der Waals surface area (Å²) >= 11 is 0. The molecule has 0 atom stereocenters. The summed E-state index contributed by atoms with van der Waals surface area (Å²) in [4.78, 5) is 11.7. The summed E-state index contributed by atoms with van der Waals surface area (Å²) in [5.74, 6) is -0.402. The number of rotatable bonds is 5. The van der Waals surface area contributed by atoms with Crippen molar-refractivity contribution in [2.24, 2.45) is 5.73 Å². The van der Waals surface area contributed by atoms with Gasteiger partial charge < -0.3 is 5.73 Å². The van der Waals surface area contributed by atoms with Gasteiger partial charge in [-0.15, -0.1) is 5.10 Å². The van der Waals surface area contributed by atoms with Gasteiger partial charge in [-0.3, -0.25) is 4.79 Å². The molecule has 0 unspecified atom stereocenters. The summed E-state index contributed by atoms with van der Waals surface area (Å²) in [6.07, 6.45) is 1.80. The zero-order chi connectivity index (χ0) is 13.0. The molecule has 0 saturated carbocycles. The average molecular weight is 248 g/mol. The van der Waals surface area contributed by atoms with E-state index in [1.807, 2.05) is 0 Å². The minimum Gasteiger partial charge on any atom is -0.325 e. The molecule has 0 radical (unpaired) electrons. The van der Waals surface area contributed by atoms with Crippen molar-refractivity contribution < 1.29 is 9.18 Å². The summed E-state index contributed by atoms with van der Waals surface area (Å²) in [6, 6.07) is 6.00. The van der Waals surface area contributed by atoms with Crippen LogP contribution in [0.2, 0.25) is 0 Å². The summed E-state index contributed by atoms with van der Waals surface area (Å²) < 4.78 is 14.4. The minimum absolute atomic E-state index is 0.0610. The van der Waals surface area contributed by atoms with Gasteiger partial charge >= 0.3 is 0 Å². The molecule has 6 heteroatoms. The van der Waals surface area contributed by atoms with Gasteiger partial charge in [0.05, 0.1) is 11.9 Å². The Labute approximate surface area is 103 Å². The Kier molecular flexibility index (Phi) is 3.78. The lowest BCUT2D eigenvalue weighted by molar-refractivity contribution is -0.119. The number of carbonyl (C=O) groups is 1. The monoisotopic (exact) mass is 248 g/mol. The van der Waals surface area contributed by atoms with Gasteiger partial charge in [-0.05, 0) is 17.7 Å².